The molecule has 1 rings (SSSR count). The highest BCUT2D eigenvalue weighted by atomic mass is 16.5. The molecule has 0 amide bonds. The molecular formula is C26H44O2. The number of ether oxygens (including phenoxy) is 1. The first-order valence-corrected chi connectivity index (χ1v) is 11.8. The van der Waals surface area contributed by atoms with E-state index in [1.165, 1.54) is 50.5 Å². The summed E-state index contributed by atoms with van der Waals surface area (Å²) in [5.74, 6) is 1.37. The molecule has 3 unspecified atom stereocenters. The molecule has 0 aromatic heterocycles. The van der Waals surface area contributed by atoms with Crippen LogP contribution in [0, 0.1) is 11.8 Å². The molecule has 1 aromatic carbocycles. The second-order valence-electron chi connectivity index (χ2n) is 8.72. The number of benzene rings is 1. The lowest BCUT2D eigenvalue weighted by Crippen LogP contribution is -2.17. The Morgan fingerprint density at radius 1 is 0.929 bits per heavy atom. The van der Waals surface area contributed by atoms with Crippen molar-refractivity contribution in [2.24, 2.45) is 11.8 Å². The van der Waals surface area contributed by atoms with Crippen molar-refractivity contribution in [1.82, 2.24) is 0 Å². The largest absolute Gasteiger partial charge is 0.465 e. The maximum absolute atomic E-state index is 12.2. The Hall–Kier alpha value is -1.31. The fraction of sp³-hybridized carbons (Fsp3) is 0.731. The average molecular weight is 389 g/mol. The Bertz CT molecular complexity index is 496. The zero-order valence-corrected chi connectivity index (χ0v) is 18.9. The molecule has 28 heavy (non-hydrogen) atoms. The third-order valence-electron chi connectivity index (χ3n) is 5.93. The molecule has 0 saturated heterocycles. The van der Waals surface area contributed by atoms with Crippen molar-refractivity contribution >= 4 is 5.97 Å². The molecule has 0 heterocycles. The summed E-state index contributed by atoms with van der Waals surface area (Å²) in [6.07, 6.45) is 13.1. The minimum atomic E-state index is -0.0127. The Morgan fingerprint density at radius 2 is 1.57 bits per heavy atom. The number of carbonyl (C=O) groups excluding carboxylic acids is 1. The summed E-state index contributed by atoms with van der Waals surface area (Å²) >= 11 is 0. The highest BCUT2D eigenvalue weighted by Crippen LogP contribution is 2.25. The number of rotatable bonds is 16. The van der Waals surface area contributed by atoms with Crippen LogP contribution in [0.5, 0.6) is 0 Å². The van der Waals surface area contributed by atoms with E-state index in [9.17, 15) is 4.79 Å². The van der Waals surface area contributed by atoms with E-state index < -0.39 is 0 Å². The molecule has 0 spiro atoms. The molecule has 0 aliphatic rings. The molecule has 0 saturated carbocycles. The van der Waals surface area contributed by atoms with Gasteiger partial charge in [-0.15, -0.1) is 0 Å². The molecule has 2 heteroatoms. The van der Waals surface area contributed by atoms with Crippen LogP contribution in [0.1, 0.15) is 110 Å². The first-order chi connectivity index (χ1) is 13.6. The minimum absolute atomic E-state index is 0.0127. The van der Waals surface area contributed by atoms with Crippen molar-refractivity contribution in [3.05, 3.63) is 35.9 Å². The van der Waals surface area contributed by atoms with Gasteiger partial charge in [-0.25, -0.2) is 0 Å². The number of carbonyl (C=O) groups is 1. The quantitative estimate of drug-likeness (QED) is 0.212. The molecule has 0 bridgehead atoms. The van der Waals surface area contributed by atoms with Crippen LogP contribution in [0.2, 0.25) is 0 Å². The van der Waals surface area contributed by atoms with E-state index >= 15 is 0 Å². The van der Waals surface area contributed by atoms with Crippen molar-refractivity contribution in [3.8, 4) is 0 Å². The summed E-state index contributed by atoms with van der Waals surface area (Å²) in [7, 11) is 0. The van der Waals surface area contributed by atoms with Crippen LogP contribution in [0.4, 0.5) is 0 Å². The van der Waals surface area contributed by atoms with E-state index in [-0.39, 0.29) is 5.97 Å². The third-order valence-corrected chi connectivity index (χ3v) is 5.93. The Labute approximate surface area is 174 Å². The standard InChI is InChI=1S/C26H44O2/c1-5-7-8-9-10-11-13-16-22(3)19-26(27)28-21-24(6-2)20-23(4)25-17-14-12-15-18-25/h12,14-15,17-18,22-24H,5-11,13,16,19-21H2,1-4H3. The van der Waals surface area contributed by atoms with Crippen molar-refractivity contribution in [3.63, 3.8) is 0 Å². The summed E-state index contributed by atoms with van der Waals surface area (Å²) in [4.78, 5) is 12.2. The Balaban J connectivity index is 2.17. The minimum Gasteiger partial charge on any atom is -0.465 e. The summed E-state index contributed by atoms with van der Waals surface area (Å²) in [6.45, 7) is 9.47. The summed E-state index contributed by atoms with van der Waals surface area (Å²) in [5, 5.41) is 0. The van der Waals surface area contributed by atoms with Gasteiger partial charge >= 0.3 is 5.97 Å². The van der Waals surface area contributed by atoms with Gasteiger partial charge in [0.1, 0.15) is 0 Å². The van der Waals surface area contributed by atoms with Gasteiger partial charge in [-0.2, -0.15) is 0 Å². The molecule has 3 atom stereocenters. The van der Waals surface area contributed by atoms with E-state index in [4.69, 9.17) is 4.74 Å². The number of hydrogen-bond donors (Lipinski definition) is 0. The molecule has 0 aliphatic heterocycles. The fourth-order valence-corrected chi connectivity index (χ4v) is 3.88. The van der Waals surface area contributed by atoms with Gasteiger partial charge in [0, 0.05) is 6.42 Å². The number of esters is 1. The van der Waals surface area contributed by atoms with Gasteiger partial charge in [0.2, 0.25) is 0 Å². The van der Waals surface area contributed by atoms with Gasteiger partial charge in [0.25, 0.3) is 0 Å². The van der Waals surface area contributed by atoms with Crippen LogP contribution in [0.25, 0.3) is 0 Å². The molecule has 160 valence electrons. The third kappa shape index (κ3) is 11.5. The highest BCUT2D eigenvalue weighted by molar-refractivity contribution is 5.69. The zero-order chi connectivity index (χ0) is 20.6. The molecular weight excluding hydrogens is 344 g/mol. The van der Waals surface area contributed by atoms with Crippen LogP contribution in [-0.4, -0.2) is 12.6 Å². The highest BCUT2D eigenvalue weighted by Gasteiger charge is 2.16. The smallest absolute Gasteiger partial charge is 0.306 e. The molecule has 0 aliphatic carbocycles. The second-order valence-corrected chi connectivity index (χ2v) is 8.72. The van der Waals surface area contributed by atoms with Gasteiger partial charge in [-0.3, -0.25) is 4.79 Å². The molecule has 0 N–H and O–H groups in total. The fourth-order valence-electron chi connectivity index (χ4n) is 3.88. The maximum Gasteiger partial charge on any atom is 0.306 e. The molecule has 0 radical (unpaired) electrons. The van der Waals surface area contributed by atoms with E-state index in [0.717, 1.165) is 19.3 Å². The van der Waals surface area contributed by atoms with Crippen molar-refractivity contribution in [2.45, 2.75) is 104 Å². The van der Waals surface area contributed by atoms with Crippen LogP contribution in [0.15, 0.2) is 30.3 Å². The van der Waals surface area contributed by atoms with Crippen molar-refractivity contribution in [2.75, 3.05) is 6.61 Å². The zero-order valence-electron chi connectivity index (χ0n) is 18.9. The lowest BCUT2D eigenvalue weighted by atomic mass is 9.89. The van der Waals surface area contributed by atoms with Crippen molar-refractivity contribution in [1.29, 1.82) is 0 Å². The van der Waals surface area contributed by atoms with E-state index in [1.807, 2.05) is 0 Å². The van der Waals surface area contributed by atoms with E-state index in [1.54, 1.807) is 0 Å². The molecule has 0 fully saturated rings. The van der Waals surface area contributed by atoms with E-state index in [0.29, 0.717) is 30.8 Å². The van der Waals surface area contributed by atoms with Crippen LogP contribution < -0.4 is 0 Å². The SMILES string of the molecule is CCCCCCCCCC(C)CC(=O)OCC(CC)CC(C)c1ccccc1. The van der Waals surface area contributed by atoms with Gasteiger partial charge < -0.3 is 4.74 Å². The monoisotopic (exact) mass is 388 g/mol. The Kier molecular flexibility index (Phi) is 13.8. The van der Waals surface area contributed by atoms with Gasteiger partial charge in [-0.1, -0.05) is 116 Å². The predicted molar refractivity (Wildman–Crippen MR) is 121 cm³/mol. The summed E-state index contributed by atoms with van der Waals surface area (Å²) in [5.41, 5.74) is 1.37. The topological polar surface area (TPSA) is 26.3 Å². The number of hydrogen-bond acceptors (Lipinski definition) is 2. The average Bonchev–Trinajstić information content (AvgIpc) is 2.70. The summed E-state index contributed by atoms with van der Waals surface area (Å²) in [6, 6.07) is 10.6. The Morgan fingerprint density at radius 3 is 2.21 bits per heavy atom. The first kappa shape index (κ1) is 24.7. The van der Waals surface area contributed by atoms with Crippen molar-refractivity contribution < 1.29 is 9.53 Å². The number of unbranched alkanes of at least 4 members (excludes halogenated alkanes) is 6. The maximum atomic E-state index is 12.2. The van der Waals surface area contributed by atoms with Gasteiger partial charge in [-0.05, 0) is 29.7 Å². The summed E-state index contributed by atoms with van der Waals surface area (Å²) < 4.78 is 5.64. The lowest BCUT2D eigenvalue weighted by Gasteiger charge is -2.20. The second kappa shape index (κ2) is 15.6. The van der Waals surface area contributed by atoms with Crippen LogP contribution in [0.3, 0.4) is 0 Å². The van der Waals surface area contributed by atoms with Gasteiger partial charge in [0.05, 0.1) is 6.61 Å². The normalized spacial score (nSPS) is 14.4. The molecule has 2 nitrogen and oxygen atoms in total. The lowest BCUT2D eigenvalue weighted by molar-refractivity contribution is -0.146. The van der Waals surface area contributed by atoms with Crippen LogP contribution in [-0.2, 0) is 9.53 Å². The first-order valence-electron chi connectivity index (χ1n) is 11.8. The molecule has 1 aromatic rings. The predicted octanol–water partition coefficient (Wildman–Crippen LogP) is 7.92. The van der Waals surface area contributed by atoms with E-state index in [2.05, 4.69) is 58.0 Å². The van der Waals surface area contributed by atoms with Gasteiger partial charge in [0.15, 0.2) is 0 Å². The van der Waals surface area contributed by atoms with Crippen LogP contribution >= 0.6 is 0 Å².